The Kier molecular flexibility index (Phi) is 4.04. The zero-order chi connectivity index (χ0) is 16.0. The van der Waals surface area contributed by atoms with Gasteiger partial charge in [0, 0.05) is 12.6 Å². The van der Waals surface area contributed by atoms with Crippen molar-refractivity contribution < 1.29 is 4.79 Å². The van der Waals surface area contributed by atoms with Gasteiger partial charge in [-0.2, -0.15) is 0 Å². The molecular weight excluding hydrogens is 328 g/mol. The van der Waals surface area contributed by atoms with E-state index in [0.717, 1.165) is 27.2 Å². The Labute approximate surface area is 145 Å². The van der Waals surface area contributed by atoms with E-state index in [-0.39, 0.29) is 16.7 Å². The van der Waals surface area contributed by atoms with E-state index in [4.69, 9.17) is 0 Å². The number of rotatable bonds is 5. The fourth-order valence-electron chi connectivity index (χ4n) is 5.19. The Morgan fingerprint density at radius 3 is 2.35 bits per heavy atom. The monoisotopic (exact) mass is 352 g/mol. The molecule has 1 amide bonds. The molecule has 4 aliphatic rings. The van der Waals surface area contributed by atoms with E-state index >= 15 is 0 Å². The van der Waals surface area contributed by atoms with Crippen LogP contribution in [0.15, 0.2) is 4.34 Å². The summed E-state index contributed by atoms with van der Waals surface area (Å²) in [5.41, 5.74) is 0.0952. The first kappa shape index (κ1) is 15.7. The summed E-state index contributed by atoms with van der Waals surface area (Å²) < 4.78 is 0.850. The smallest absolute Gasteiger partial charge is 0.233 e. The van der Waals surface area contributed by atoms with Crippen LogP contribution in [0.4, 0.5) is 5.13 Å². The normalized spacial score (nSPS) is 36.0. The Morgan fingerprint density at radius 1 is 1.22 bits per heavy atom. The lowest BCUT2D eigenvalue weighted by atomic mass is 9.53. The summed E-state index contributed by atoms with van der Waals surface area (Å²) in [7, 11) is 1.83. The Balaban J connectivity index is 1.39. The van der Waals surface area contributed by atoms with E-state index < -0.39 is 0 Å². The minimum Gasteiger partial charge on any atom is -0.363 e. The molecule has 4 bridgehead atoms. The van der Waals surface area contributed by atoms with Gasteiger partial charge in [-0.25, -0.2) is 0 Å². The van der Waals surface area contributed by atoms with E-state index in [0.29, 0.717) is 0 Å². The van der Waals surface area contributed by atoms with E-state index in [2.05, 4.69) is 20.8 Å². The van der Waals surface area contributed by atoms with Gasteiger partial charge in [0.15, 0.2) is 4.34 Å². The van der Waals surface area contributed by atoms with Crippen LogP contribution in [0, 0.1) is 17.8 Å². The van der Waals surface area contributed by atoms with E-state index in [1.165, 1.54) is 61.6 Å². The molecule has 1 atom stereocenters. The van der Waals surface area contributed by atoms with Gasteiger partial charge in [-0.15, -0.1) is 10.2 Å². The number of nitrogens with zero attached hydrogens (tertiary/aromatic N) is 2. The van der Waals surface area contributed by atoms with Crippen molar-refractivity contribution in [3.63, 3.8) is 0 Å². The van der Waals surface area contributed by atoms with Crippen molar-refractivity contribution in [3.8, 4) is 0 Å². The standard InChI is InChI=1S/C16H24N4OS2/c1-9(22-15-20-19-14(17-2)23-15)13(21)18-16-6-10-3-11(7-16)5-12(4-10)8-16/h9-12H,3-8H2,1-2H3,(H,17,19)(H,18,21)/t9-,10?,11?,12?,16?/m1/s1. The summed E-state index contributed by atoms with van der Waals surface area (Å²) in [4.78, 5) is 12.7. The number of hydrogen-bond donors (Lipinski definition) is 2. The summed E-state index contributed by atoms with van der Waals surface area (Å²) in [5, 5.41) is 15.3. The molecule has 126 valence electrons. The molecule has 1 aromatic heterocycles. The maximum atomic E-state index is 12.7. The second kappa shape index (κ2) is 5.92. The first-order valence-electron chi connectivity index (χ1n) is 8.55. The van der Waals surface area contributed by atoms with Crippen molar-refractivity contribution in [1.82, 2.24) is 15.5 Å². The molecule has 5 rings (SSSR count). The van der Waals surface area contributed by atoms with Gasteiger partial charge in [0.1, 0.15) is 0 Å². The molecule has 0 unspecified atom stereocenters. The number of hydrogen-bond acceptors (Lipinski definition) is 6. The average molecular weight is 353 g/mol. The number of nitrogens with one attached hydrogen (secondary N) is 2. The lowest BCUT2D eigenvalue weighted by Crippen LogP contribution is -2.60. The maximum absolute atomic E-state index is 12.7. The zero-order valence-corrected chi connectivity index (χ0v) is 15.3. The van der Waals surface area contributed by atoms with Crippen LogP contribution in [0.5, 0.6) is 0 Å². The first-order chi connectivity index (χ1) is 11.0. The molecule has 0 spiro atoms. The number of aromatic nitrogens is 2. The highest BCUT2D eigenvalue weighted by Crippen LogP contribution is 2.55. The Bertz CT molecular complexity index is 567. The van der Waals surface area contributed by atoms with Gasteiger partial charge in [0.25, 0.3) is 0 Å². The summed E-state index contributed by atoms with van der Waals surface area (Å²) in [6, 6.07) is 0. The molecule has 0 saturated heterocycles. The van der Waals surface area contributed by atoms with Gasteiger partial charge in [0.2, 0.25) is 11.0 Å². The van der Waals surface area contributed by atoms with Gasteiger partial charge in [-0.05, 0) is 63.2 Å². The average Bonchev–Trinajstić information content (AvgIpc) is 2.92. The highest BCUT2D eigenvalue weighted by atomic mass is 32.2. The Morgan fingerprint density at radius 2 is 1.83 bits per heavy atom. The molecular formula is C16H24N4OS2. The van der Waals surface area contributed by atoms with Crippen molar-refractivity contribution in [2.24, 2.45) is 17.8 Å². The molecule has 7 heteroatoms. The molecule has 0 aliphatic heterocycles. The fraction of sp³-hybridized carbons (Fsp3) is 0.812. The molecule has 4 saturated carbocycles. The fourth-order valence-corrected chi connectivity index (χ4v) is 7.04. The number of amides is 1. The van der Waals surface area contributed by atoms with E-state index in [1.54, 1.807) is 0 Å². The number of carbonyl (C=O) groups is 1. The van der Waals surface area contributed by atoms with Gasteiger partial charge >= 0.3 is 0 Å². The van der Waals surface area contributed by atoms with Gasteiger partial charge in [-0.1, -0.05) is 23.1 Å². The SMILES string of the molecule is CNc1nnc(S[C@H](C)C(=O)NC23CC4CC(CC(C4)C2)C3)s1. The van der Waals surface area contributed by atoms with Crippen LogP contribution in [0.25, 0.3) is 0 Å². The lowest BCUT2D eigenvalue weighted by Gasteiger charge is -2.57. The lowest BCUT2D eigenvalue weighted by molar-refractivity contribution is -0.126. The first-order valence-corrected chi connectivity index (χ1v) is 10.2. The quantitative estimate of drug-likeness (QED) is 0.797. The molecule has 0 radical (unpaired) electrons. The van der Waals surface area contributed by atoms with Crippen LogP contribution in [-0.4, -0.2) is 33.9 Å². The van der Waals surface area contributed by atoms with Crippen molar-refractivity contribution in [3.05, 3.63) is 0 Å². The van der Waals surface area contributed by atoms with Crippen LogP contribution in [-0.2, 0) is 4.79 Å². The van der Waals surface area contributed by atoms with Gasteiger partial charge < -0.3 is 10.6 Å². The van der Waals surface area contributed by atoms with Crippen molar-refractivity contribution in [1.29, 1.82) is 0 Å². The van der Waals surface area contributed by atoms with Crippen molar-refractivity contribution in [2.45, 2.75) is 60.6 Å². The van der Waals surface area contributed by atoms with Crippen molar-refractivity contribution in [2.75, 3.05) is 12.4 Å². The number of anilines is 1. The molecule has 4 aliphatic carbocycles. The van der Waals surface area contributed by atoms with Crippen LogP contribution in [0.2, 0.25) is 0 Å². The third-order valence-corrected chi connectivity index (χ3v) is 7.82. The Hall–Kier alpha value is -0.820. The van der Waals surface area contributed by atoms with Crippen LogP contribution < -0.4 is 10.6 Å². The highest BCUT2D eigenvalue weighted by Gasteiger charge is 2.51. The van der Waals surface area contributed by atoms with Gasteiger partial charge in [-0.3, -0.25) is 4.79 Å². The van der Waals surface area contributed by atoms with Crippen molar-refractivity contribution >= 4 is 34.1 Å². The molecule has 1 aromatic rings. The molecule has 1 heterocycles. The van der Waals surface area contributed by atoms with Crippen LogP contribution >= 0.6 is 23.1 Å². The molecule has 2 N–H and O–H groups in total. The predicted octanol–water partition coefficient (Wildman–Crippen LogP) is 3.15. The summed E-state index contributed by atoms with van der Waals surface area (Å²) in [6.07, 6.45) is 7.80. The third-order valence-electron chi connectivity index (χ3n) is 5.69. The molecule has 0 aromatic carbocycles. The molecule has 4 fully saturated rings. The second-order valence-corrected chi connectivity index (χ2v) is 10.1. The second-order valence-electron chi connectivity index (χ2n) is 7.57. The molecule has 23 heavy (non-hydrogen) atoms. The summed E-state index contributed by atoms with van der Waals surface area (Å²) in [6.45, 7) is 1.97. The minimum atomic E-state index is -0.124. The largest absolute Gasteiger partial charge is 0.363 e. The predicted molar refractivity (Wildman–Crippen MR) is 93.8 cm³/mol. The van der Waals surface area contributed by atoms with E-state index in [9.17, 15) is 4.79 Å². The summed E-state index contributed by atoms with van der Waals surface area (Å²) >= 11 is 3.01. The zero-order valence-electron chi connectivity index (χ0n) is 13.7. The van der Waals surface area contributed by atoms with Crippen LogP contribution in [0.1, 0.15) is 45.4 Å². The van der Waals surface area contributed by atoms with Gasteiger partial charge in [0.05, 0.1) is 5.25 Å². The van der Waals surface area contributed by atoms with Crippen LogP contribution in [0.3, 0.4) is 0 Å². The number of carbonyl (C=O) groups excluding carboxylic acids is 1. The highest BCUT2D eigenvalue weighted by molar-refractivity contribution is 8.02. The summed E-state index contributed by atoms with van der Waals surface area (Å²) in [5.74, 6) is 2.72. The third kappa shape index (κ3) is 3.09. The minimum absolute atomic E-state index is 0.0952. The van der Waals surface area contributed by atoms with E-state index in [1.807, 2.05) is 14.0 Å². The maximum Gasteiger partial charge on any atom is 0.233 e. The molecule has 5 nitrogen and oxygen atoms in total. The number of thioether (sulfide) groups is 1. The topological polar surface area (TPSA) is 66.9 Å².